The van der Waals surface area contributed by atoms with Crippen molar-refractivity contribution in [2.45, 2.75) is 0 Å². The molecular weight excluding hydrogens is 354 g/mol. The number of aromatic nitrogens is 3. The standard InChI is InChI=1S/2C9H7N.C8H7N/c2*1-2-6-9-8(4-1)5-3-7-10-9;1-2-4-8-7(3-1)5-6-9-8/h2*1-7H;1-6,9H. The van der Waals surface area contributed by atoms with Gasteiger partial charge in [0.05, 0.1) is 11.0 Å². The molecule has 140 valence electrons. The molecule has 0 unspecified atom stereocenters. The molecule has 3 heterocycles. The Kier molecular flexibility index (Phi) is 5.89. The van der Waals surface area contributed by atoms with Crippen LogP contribution in [0.2, 0.25) is 0 Å². The molecule has 3 aromatic heterocycles. The Hall–Kier alpha value is -3.98. The Bertz CT molecular complexity index is 1090. The zero-order valence-electron chi connectivity index (χ0n) is 15.9. The number of nitrogens with zero attached hydrogens (tertiary/aromatic N) is 2. The van der Waals surface area contributed by atoms with Crippen molar-refractivity contribution in [1.82, 2.24) is 15.0 Å². The SMILES string of the molecule is c1ccc2[nH]ccc2c1.c1ccc2ncccc2c1.c1ccc2ncccc2c1. The monoisotopic (exact) mass is 375 g/mol. The van der Waals surface area contributed by atoms with Crippen LogP contribution in [0.15, 0.2) is 122 Å². The highest BCUT2D eigenvalue weighted by Crippen LogP contribution is 2.10. The van der Waals surface area contributed by atoms with Crippen molar-refractivity contribution in [1.29, 1.82) is 0 Å². The van der Waals surface area contributed by atoms with Crippen molar-refractivity contribution in [3.05, 3.63) is 122 Å². The Labute approximate surface area is 169 Å². The molecule has 6 aromatic rings. The molecule has 6 rings (SSSR count). The number of hydrogen-bond acceptors (Lipinski definition) is 2. The highest BCUT2D eigenvalue weighted by molar-refractivity contribution is 5.79. The van der Waals surface area contributed by atoms with Crippen LogP contribution in [0.5, 0.6) is 0 Å². The smallest absolute Gasteiger partial charge is 0.0701 e. The molecule has 0 fully saturated rings. The van der Waals surface area contributed by atoms with Gasteiger partial charge in [-0.1, -0.05) is 66.7 Å². The van der Waals surface area contributed by atoms with Crippen molar-refractivity contribution in [2.24, 2.45) is 0 Å². The first kappa shape index (κ1) is 18.4. The van der Waals surface area contributed by atoms with Gasteiger partial charge in [-0.25, -0.2) is 0 Å². The molecule has 0 aliphatic heterocycles. The number of nitrogens with one attached hydrogen (secondary N) is 1. The van der Waals surface area contributed by atoms with E-state index in [1.807, 2.05) is 79.3 Å². The maximum absolute atomic E-state index is 4.18. The first-order valence-corrected chi connectivity index (χ1v) is 9.52. The van der Waals surface area contributed by atoms with Gasteiger partial charge in [-0.2, -0.15) is 0 Å². The molecule has 0 bridgehead atoms. The Balaban J connectivity index is 0.000000106. The summed E-state index contributed by atoms with van der Waals surface area (Å²) < 4.78 is 0. The van der Waals surface area contributed by atoms with Gasteiger partial charge >= 0.3 is 0 Å². The van der Waals surface area contributed by atoms with Gasteiger partial charge < -0.3 is 4.98 Å². The molecule has 0 atom stereocenters. The van der Waals surface area contributed by atoms with Gasteiger partial charge in [0.2, 0.25) is 0 Å². The lowest BCUT2D eigenvalue weighted by Gasteiger charge is -1.91. The van der Waals surface area contributed by atoms with E-state index in [1.54, 1.807) is 0 Å². The van der Waals surface area contributed by atoms with E-state index in [9.17, 15) is 0 Å². The molecule has 0 spiro atoms. The molecular formula is C26H21N3. The third kappa shape index (κ3) is 4.85. The van der Waals surface area contributed by atoms with Crippen molar-refractivity contribution < 1.29 is 0 Å². The second kappa shape index (κ2) is 9.29. The summed E-state index contributed by atoms with van der Waals surface area (Å²) in [5, 5.41) is 3.67. The van der Waals surface area contributed by atoms with Gasteiger partial charge in [0.15, 0.2) is 0 Å². The lowest BCUT2D eigenvalue weighted by Crippen LogP contribution is -1.73. The van der Waals surface area contributed by atoms with Crippen LogP contribution in [0.1, 0.15) is 0 Å². The van der Waals surface area contributed by atoms with E-state index in [2.05, 4.69) is 57.4 Å². The van der Waals surface area contributed by atoms with Crippen LogP contribution in [0, 0.1) is 0 Å². The molecule has 0 aliphatic carbocycles. The predicted octanol–water partition coefficient (Wildman–Crippen LogP) is 6.64. The average molecular weight is 375 g/mol. The normalized spacial score (nSPS) is 10.1. The summed E-state index contributed by atoms with van der Waals surface area (Å²) in [6.07, 6.45) is 5.56. The number of fused-ring (bicyclic) bond motifs is 3. The van der Waals surface area contributed by atoms with Gasteiger partial charge in [0.25, 0.3) is 0 Å². The fraction of sp³-hybridized carbons (Fsp3) is 0. The molecule has 1 N–H and O–H groups in total. The van der Waals surface area contributed by atoms with Crippen LogP contribution >= 0.6 is 0 Å². The van der Waals surface area contributed by atoms with E-state index in [1.165, 1.54) is 21.7 Å². The van der Waals surface area contributed by atoms with Crippen molar-refractivity contribution in [2.75, 3.05) is 0 Å². The Morgan fingerprint density at radius 2 is 0.931 bits per heavy atom. The maximum Gasteiger partial charge on any atom is 0.0701 e. The highest BCUT2D eigenvalue weighted by atomic mass is 14.7. The molecule has 3 aromatic carbocycles. The molecule has 0 aliphatic rings. The minimum atomic E-state index is 1.06. The van der Waals surface area contributed by atoms with Crippen LogP contribution in [0.3, 0.4) is 0 Å². The lowest BCUT2D eigenvalue weighted by molar-refractivity contribution is 1.41. The van der Waals surface area contributed by atoms with Crippen molar-refractivity contribution in [3.63, 3.8) is 0 Å². The summed E-state index contributed by atoms with van der Waals surface area (Å²) in [4.78, 5) is 11.5. The third-order valence-electron chi connectivity index (χ3n) is 4.49. The highest BCUT2D eigenvalue weighted by Gasteiger charge is 1.88. The quantitative estimate of drug-likeness (QED) is 0.323. The zero-order chi connectivity index (χ0) is 19.7. The number of benzene rings is 3. The Morgan fingerprint density at radius 3 is 1.48 bits per heavy atom. The number of H-pyrrole nitrogens is 1. The maximum atomic E-state index is 4.18. The van der Waals surface area contributed by atoms with Crippen LogP contribution in [-0.2, 0) is 0 Å². The third-order valence-corrected chi connectivity index (χ3v) is 4.49. The second-order valence-electron chi connectivity index (χ2n) is 6.46. The molecule has 0 amide bonds. The summed E-state index contributed by atoms with van der Waals surface area (Å²) in [5.41, 5.74) is 3.33. The molecule has 29 heavy (non-hydrogen) atoms. The van der Waals surface area contributed by atoms with Crippen LogP contribution in [0.4, 0.5) is 0 Å². The van der Waals surface area contributed by atoms with Gasteiger partial charge in [-0.15, -0.1) is 0 Å². The topological polar surface area (TPSA) is 41.6 Å². The van der Waals surface area contributed by atoms with Crippen LogP contribution < -0.4 is 0 Å². The average Bonchev–Trinajstić information content (AvgIpc) is 3.29. The first-order chi connectivity index (χ1) is 14.4. The molecule has 0 radical (unpaired) electrons. The minimum absolute atomic E-state index is 1.06. The van der Waals surface area contributed by atoms with E-state index < -0.39 is 0 Å². The minimum Gasteiger partial charge on any atom is -0.361 e. The largest absolute Gasteiger partial charge is 0.361 e. The summed E-state index contributed by atoms with van der Waals surface area (Å²) in [6, 6.07) is 34.5. The van der Waals surface area contributed by atoms with E-state index >= 15 is 0 Å². The van der Waals surface area contributed by atoms with Crippen LogP contribution in [0.25, 0.3) is 32.7 Å². The molecule has 0 saturated heterocycles. The van der Waals surface area contributed by atoms with Crippen molar-refractivity contribution in [3.8, 4) is 0 Å². The molecule has 0 saturated carbocycles. The van der Waals surface area contributed by atoms with Gasteiger partial charge in [0.1, 0.15) is 0 Å². The number of rotatable bonds is 0. The fourth-order valence-electron chi connectivity index (χ4n) is 3.03. The summed E-state index contributed by atoms with van der Waals surface area (Å²) in [5.74, 6) is 0. The number of para-hydroxylation sites is 3. The second-order valence-corrected chi connectivity index (χ2v) is 6.46. The first-order valence-electron chi connectivity index (χ1n) is 9.52. The number of aromatic amines is 1. The molecule has 3 nitrogen and oxygen atoms in total. The lowest BCUT2D eigenvalue weighted by atomic mass is 10.2. The predicted molar refractivity (Wildman–Crippen MR) is 122 cm³/mol. The fourth-order valence-corrected chi connectivity index (χ4v) is 3.03. The van der Waals surface area contributed by atoms with E-state index in [0.29, 0.717) is 0 Å². The van der Waals surface area contributed by atoms with Gasteiger partial charge in [-0.3, -0.25) is 9.97 Å². The molecule has 3 heteroatoms. The number of hydrogen-bond donors (Lipinski definition) is 1. The van der Waals surface area contributed by atoms with Crippen molar-refractivity contribution >= 4 is 32.7 Å². The van der Waals surface area contributed by atoms with E-state index in [-0.39, 0.29) is 0 Å². The summed E-state index contributed by atoms with van der Waals surface area (Å²) in [7, 11) is 0. The Morgan fingerprint density at radius 1 is 0.448 bits per heavy atom. The van der Waals surface area contributed by atoms with Gasteiger partial charge in [-0.05, 0) is 41.8 Å². The van der Waals surface area contributed by atoms with Crippen LogP contribution in [-0.4, -0.2) is 15.0 Å². The zero-order valence-corrected chi connectivity index (χ0v) is 15.9. The number of pyridine rings is 2. The van der Waals surface area contributed by atoms with Gasteiger partial charge in [0, 0.05) is 34.9 Å². The van der Waals surface area contributed by atoms with E-state index in [4.69, 9.17) is 0 Å². The van der Waals surface area contributed by atoms with E-state index in [0.717, 1.165) is 11.0 Å². The summed E-state index contributed by atoms with van der Waals surface area (Å²) in [6.45, 7) is 0. The summed E-state index contributed by atoms with van der Waals surface area (Å²) >= 11 is 0.